The maximum atomic E-state index is 12.5. The van der Waals surface area contributed by atoms with Crippen LogP contribution in [-0.2, 0) is 38.4 Å². The number of H-pyrrole nitrogens is 1. The Morgan fingerprint density at radius 3 is 2.30 bits per heavy atom. The fraction of sp³-hybridized carbons (Fsp3) is 0.515. The van der Waals surface area contributed by atoms with Gasteiger partial charge in [0.15, 0.2) is 0 Å². The molecule has 3 aliphatic rings. The van der Waals surface area contributed by atoms with Gasteiger partial charge in [-0.2, -0.15) is 12.6 Å². The van der Waals surface area contributed by atoms with Crippen molar-refractivity contribution in [2.24, 2.45) is 17.8 Å². The first kappa shape index (κ1) is 33.2. The van der Waals surface area contributed by atoms with Crippen molar-refractivity contribution >= 4 is 36.4 Å². The summed E-state index contributed by atoms with van der Waals surface area (Å²) >= 11 is 4.65. The van der Waals surface area contributed by atoms with Gasteiger partial charge in [-0.05, 0) is 55.0 Å². The smallest absolute Gasteiger partial charge is 0.303 e. The van der Waals surface area contributed by atoms with E-state index in [1.165, 1.54) is 0 Å². The third-order valence-corrected chi connectivity index (χ3v) is 9.88. The molecule has 0 spiro atoms. The van der Waals surface area contributed by atoms with Crippen LogP contribution in [0.3, 0.4) is 0 Å². The first-order chi connectivity index (χ1) is 20.7. The number of carboxylic acids is 2. The molecule has 11 heteroatoms. The van der Waals surface area contributed by atoms with E-state index in [1.807, 2.05) is 40.7 Å². The van der Waals surface area contributed by atoms with Gasteiger partial charge in [0.05, 0.1) is 12.1 Å². The number of amides is 2. The zero-order valence-electron chi connectivity index (χ0n) is 26.0. The quantitative estimate of drug-likeness (QED) is 0.165. The molecule has 6 atom stereocenters. The first-order valence-electron chi connectivity index (χ1n) is 15.2. The largest absolute Gasteiger partial charge is 0.481 e. The van der Waals surface area contributed by atoms with E-state index in [0.29, 0.717) is 31.3 Å². The molecule has 2 unspecified atom stereocenters. The van der Waals surface area contributed by atoms with Crippen LogP contribution in [0, 0.1) is 24.7 Å². The highest BCUT2D eigenvalue weighted by molar-refractivity contribution is 7.80. The van der Waals surface area contributed by atoms with Crippen LogP contribution in [0.1, 0.15) is 69.5 Å². The van der Waals surface area contributed by atoms with E-state index in [0.717, 1.165) is 45.1 Å². The molecule has 0 aliphatic carbocycles. The van der Waals surface area contributed by atoms with Crippen molar-refractivity contribution in [2.45, 2.75) is 90.5 Å². The predicted octanol–water partition coefficient (Wildman–Crippen LogP) is 3.74. The van der Waals surface area contributed by atoms with Gasteiger partial charge in [-0.15, -0.1) is 0 Å². The Balaban J connectivity index is 1.68. The van der Waals surface area contributed by atoms with Gasteiger partial charge in [0.1, 0.15) is 0 Å². The van der Waals surface area contributed by atoms with E-state index in [1.54, 1.807) is 6.08 Å². The summed E-state index contributed by atoms with van der Waals surface area (Å²) in [5.41, 5.74) is 7.89. The number of rotatable bonds is 13. The number of thiol groups is 1. The van der Waals surface area contributed by atoms with Crippen molar-refractivity contribution in [1.82, 2.24) is 20.9 Å². The van der Waals surface area contributed by atoms with E-state index >= 15 is 0 Å². The Morgan fingerprint density at radius 2 is 1.70 bits per heavy atom. The molecule has 4 rings (SSSR count). The van der Waals surface area contributed by atoms with E-state index in [4.69, 9.17) is 0 Å². The Hall–Kier alpha value is -3.73. The molecule has 2 amide bonds. The van der Waals surface area contributed by atoms with Gasteiger partial charge in [0.25, 0.3) is 5.91 Å². The average Bonchev–Trinajstić information content (AvgIpc) is 3.59. The lowest BCUT2D eigenvalue weighted by Crippen LogP contribution is -2.32. The highest BCUT2D eigenvalue weighted by Crippen LogP contribution is 2.37. The molecule has 6 N–H and O–H groups in total. The summed E-state index contributed by atoms with van der Waals surface area (Å²) in [5.74, 6) is -2.21. The van der Waals surface area contributed by atoms with Crippen LogP contribution in [0.15, 0.2) is 46.8 Å². The van der Waals surface area contributed by atoms with Gasteiger partial charge in [-0.25, -0.2) is 0 Å². The topological polar surface area (TPSA) is 161 Å². The molecule has 0 aromatic carbocycles. The molecule has 44 heavy (non-hydrogen) atoms. The number of carbonyl (C=O) groups is 4. The highest BCUT2D eigenvalue weighted by atomic mass is 32.1. The van der Waals surface area contributed by atoms with Crippen molar-refractivity contribution in [3.05, 3.63) is 69.4 Å². The van der Waals surface area contributed by atoms with E-state index < -0.39 is 11.9 Å². The minimum atomic E-state index is -0.893. The predicted molar refractivity (Wildman–Crippen MR) is 171 cm³/mol. The summed E-state index contributed by atoms with van der Waals surface area (Å²) in [6.45, 7) is 13.6. The molecule has 4 heterocycles. The van der Waals surface area contributed by atoms with Crippen molar-refractivity contribution < 1.29 is 29.4 Å². The van der Waals surface area contributed by atoms with Crippen molar-refractivity contribution in [3.8, 4) is 0 Å². The number of aromatic nitrogens is 1. The van der Waals surface area contributed by atoms with E-state index in [-0.39, 0.29) is 59.7 Å². The molecule has 10 nitrogen and oxygen atoms in total. The van der Waals surface area contributed by atoms with Crippen LogP contribution in [0.2, 0.25) is 0 Å². The zero-order valence-corrected chi connectivity index (χ0v) is 26.9. The van der Waals surface area contributed by atoms with Crippen LogP contribution in [-0.4, -0.2) is 56.3 Å². The molecule has 0 radical (unpaired) electrons. The Morgan fingerprint density at radius 1 is 1.05 bits per heavy atom. The number of carbonyl (C=O) groups excluding carboxylic acids is 2. The fourth-order valence-electron chi connectivity index (χ4n) is 6.94. The normalized spacial score (nSPS) is 26.7. The van der Waals surface area contributed by atoms with Crippen LogP contribution in [0.25, 0.3) is 0 Å². The van der Waals surface area contributed by atoms with Crippen molar-refractivity contribution in [1.29, 1.82) is 0 Å². The van der Waals surface area contributed by atoms with Crippen LogP contribution in [0.4, 0.5) is 0 Å². The summed E-state index contributed by atoms with van der Waals surface area (Å²) in [6.07, 6.45) is 5.19. The summed E-state index contributed by atoms with van der Waals surface area (Å²) in [5, 5.41) is 28.6. The van der Waals surface area contributed by atoms with Gasteiger partial charge >= 0.3 is 11.9 Å². The second-order valence-corrected chi connectivity index (χ2v) is 13.1. The van der Waals surface area contributed by atoms with Gasteiger partial charge in [0, 0.05) is 77.0 Å². The molecule has 1 aromatic rings. The summed E-state index contributed by atoms with van der Waals surface area (Å²) in [7, 11) is 0. The minimum Gasteiger partial charge on any atom is -0.481 e. The molecule has 3 aliphatic heterocycles. The van der Waals surface area contributed by atoms with Crippen molar-refractivity contribution in [2.75, 3.05) is 0 Å². The molecule has 0 bridgehead atoms. The third-order valence-electron chi connectivity index (χ3n) is 9.53. The number of hydrogen-bond donors (Lipinski definition) is 7. The Kier molecular flexibility index (Phi) is 10.2. The highest BCUT2D eigenvalue weighted by Gasteiger charge is 2.41. The Labute approximate surface area is 263 Å². The summed E-state index contributed by atoms with van der Waals surface area (Å²) in [6, 6.07) is -0.414. The van der Waals surface area contributed by atoms with Gasteiger partial charge < -0.3 is 31.1 Å². The second-order valence-electron chi connectivity index (χ2n) is 12.3. The van der Waals surface area contributed by atoms with Crippen LogP contribution >= 0.6 is 12.6 Å². The molecular weight excluding hydrogens is 580 g/mol. The second kappa shape index (κ2) is 13.5. The molecular formula is C33H44N4O6S. The molecule has 0 saturated carbocycles. The average molecular weight is 625 g/mol. The summed E-state index contributed by atoms with van der Waals surface area (Å²) < 4.78 is 0. The van der Waals surface area contributed by atoms with Gasteiger partial charge in [0.2, 0.25) is 5.91 Å². The number of aromatic amines is 1. The SMILES string of the molecule is C=CC1=C(C)[C@@H](Cc2[nH]c(CC3=C(CCC(=O)O)C(C)/C(=C\C4NC(=O)[C@H](C)[C@H]4[C@@H](C)S)N3)c(CCC(=O)O)c2C)NC1=O. The molecule has 1 saturated heterocycles. The molecule has 238 valence electrons. The summed E-state index contributed by atoms with van der Waals surface area (Å²) in [4.78, 5) is 51.6. The first-order valence-corrected chi connectivity index (χ1v) is 15.7. The van der Waals surface area contributed by atoms with E-state index in [9.17, 15) is 29.4 Å². The van der Waals surface area contributed by atoms with Gasteiger partial charge in [-0.3, -0.25) is 19.2 Å². The molecule has 1 aromatic heterocycles. The lowest BCUT2D eigenvalue weighted by Gasteiger charge is -2.23. The maximum absolute atomic E-state index is 12.5. The molecule has 1 fully saturated rings. The number of allylic oxidation sites excluding steroid dienone is 2. The maximum Gasteiger partial charge on any atom is 0.303 e. The van der Waals surface area contributed by atoms with Crippen LogP contribution in [0.5, 0.6) is 0 Å². The zero-order chi connectivity index (χ0) is 32.5. The van der Waals surface area contributed by atoms with E-state index in [2.05, 4.69) is 40.1 Å². The number of hydrogen-bond acceptors (Lipinski definition) is 6. The number of carboxylic acid groups (broad SMARTS) is 2. The lowest BCUT2D eigenvalue weighted by molar-refractivity contribution is -0.138. The van der Waals surface area contributed by atoms with Gasteiger partial charge in [-0.1, -0.05) is 33.4 Å². The minimum absolute atomic E-state index is 0.00489. The lowest BCUT2D eigenvalue weighted by atomic mass is 9.87. The number of nitrogens with one attached hydrogen (secondary N) is 4. The Bertz CT molecular complexity index is 1470. The standard InChI is InChI=1S/C33H44N4O6S/c1-7-20-15(2)25(36-33(20)43)12-23-16(3)21(8-10-29(38)39)26(34-23)14-27-22(9-11-30(40)41)17(4)24(35-27)13-28-31(19(6)44)18(5)32(42)37-28/h7,13,17-19,25,28,31,34-35,44H,1,8-12,14H2,2-6H3,(H,36,43)(H,37,42)(H,38,39)(H,40,41)/b24-13+/t17?,18-,19-,25-,28?,31+/m1/s1. The van der Waals surface area contributed by atoms with Crippen molar-refractivity contribution in [3.63, 3.8) is 0 Å². The number of aliphatic carboxylic acids is 2. The fourth-order valence-corrected chi connectivity index (χ4v) is 7.38. The monoisotopic (exact) mass is 624 g/mol. The third kappa shape index (κ3) is 6.82. The van der Waals surface area contributed by atoms with Crippen LogP contribution < -0.4 is 16.0 Å².